The summed E-state index contributed by atoms with van der Waals surface area (Å²) < 4.78 is 0. The van der Waals surface area contributed by atoms with Gasteiger partial charge in [-0.05, 0) is 33.1 Å². The number of nitrogens with two attached hydrogens (primary N) is 1. The lowest BCUT2D eigenvalue weighted by atomic mass is 9.84. The van der Waals surface area contributed by atoms with E-state index in [-0.39, 0.29) is 17.4 Å². The minimum atomic E-state index is -0.161. The number of carbonyl (C=O) groups excluding carboxylic acids is 1. The molecular weight excluding hydrogens is 236 g/mol. The van der Waals surface area contributed by atoms with Gasteiger partial charge in [0.15, 0.2) is 0 Å². The predicted molar refractivity (Wildman–Crippen MR) is 80.9 cm³/mol. The number of nitrogens with one attached hydrogen (secondary N) is 1. The lowest BCUT2D eigenvalue weighted by Gasteiger charge is -2.27. The Morgan fingerprint density at radius 3 is 2.16 bits per heavy atom. The van der Waals surface area contributed by atoms with Gasteiger partial charge in [0.2, 0.25) is 5.91 Å². The van der Waals surface area contributed by atoms with Crippen LogP contribution in [0.3, 0.4) is 0 Å². The molecule has 0 radical (unpaired) electrons. The van der Waals surface area contributed by atoms with E-state index in [4.69, 9.17) is 5.73 Å². The number of hydrogen-bond acceptors (Lipinski definition) is 2. The predicted octanol–water partition coefficient (Wildman–Crippen LogP) is 3.23. The topological polar surface area (TPSA) is 55.1 Å². The fourth-order valence-corrected chi connectivity index (χ4v) is 2.96. The normalized spacial score (nSPS) is 20.4. The zero-order valence-electron chi connectivity index (χ0n) is 13.0. The van der Waals surface area contributed by atoms with Crippen molar-refractivity contribution in [2.45, 2.75) is 77.7 Å². The van der Waals surface area contributed by atoms with E-state index < -0.39 is 0 Å². The molecular formula is C16H32N2O. The molecule has 0 aromatic rings. The molecule has 1 aliphatic rings. The first-order chi connectivity index (χ1) is 8.92. The van der Waals surface area contributed by atoms with Crippen LogP contribution in [0.25, 0.3) is 0 Å². The summed E-state index contributed by atoms with van der Waals surface area (Å²) in [6, 6.07) is 0. The highest BCUT2D eigenvalue weighted by Gasteiger charge is 2.25. The highest BCUT2D eigenvalue weighted by atomic mass is 16.2. The molecule has 1 aliphatic carbocycles. The summed E-state index contributed by atoms with van der Waals surface area (Å²) in [5.41, 5.74) is 5.66. The van der Waals surface area contributed by atoms with E-state index in [1.807, 2.05) is 20.8 Å². The lowest BCUT2D eigenvalue weighted by Crippen LogP contribution is -2.46. The lowest BCUT2D eigenvalue weighted by molar-refractivity contribution is -0.126. The fraction of sp³-hybridized carbons (Fsp3) is 0.938. The van der Waals surface area contributed by atoms with Crippen LogP contribution in [0.2, 0.25) is 0 Å². The summed E-state index contributed by atoms with van der Waals surface area (Å²) in [6.07, 6.45) is 10.3. The molecule has 1 saturated carbocycles. The maximum absolute atomic E-state index is 12.2. The quantitative estimate of drug-likeness (QED) is 0.822. The molecule has 1 fully saturated rings. The Bertz CT molecular complexity index is 262. The molecule has 0 bridgehead atoms. The van der Waals surface area contributed by atoms with Crippen molar-refractivity contribution in [1.82, 2.24) is 5.32 Å². The van der Waals surface area contributed by atoms with Crippen LogP contribution in [0.15, 0.2) is 0 Å². The zero-order chi connectivity index (χ0) is 14.3. The second-order valence-electron chi connectivity index (χ2n) is 7.12. The molecule has 112 valence electrons. The maximum Gasteiger partial charge on any atom is 0.224 e. The summed E-state index contributed by atoms with van der Waals surface area (Å²) >= 11 is 0. The van der Waals surface area contributed by atoms with Crippen molar-refractivity contribution in [2.24, 2.45) is 17.6 Å². The van der Waals surface area contributed by atoms with E-state index in [9.17, 15) is 4.79 Å². The van der Waals surface area contributed by atoms with Crippen LogP contribution in [-0.4, -0.2) is 18.0 Å². The van der Waals surface area contributed by atoms with Gasteiger partial charge in [-0.2, -0.15) is 0 Å². The van der Waals surface area contributed by atoms with Gasteiger partial charge in [0, 0.05) is 12.1 Å². The molecule has 0 heterocycles. The molecule has 1 atom stereocenters. The van der Waals surface area contributed by atoms with Crippen LogP contribution in [0, 0.1) is 11.8 Å². The highest BCUT2D eigenvalue weighted by Crippen LogP contribution is 2.27. The molecule has 0 aliphatic heterocycles. The summed E-state index contributed by atoms with van der Waals surface area (Å²) in [5, 5.41) is 3.07. The molecule has 0 aromatic heterocycles. The third kappa shape index (κ3) is 6.95. The minimum Gasteiger partial charge on any atom is -0.351 e. The first-order valence-corrected chi connectivity index (χ1v) is 7.94. The Kier molecular flexibility index (Phi) is 6.84. The Morgan fingerprint density at radius 1 is 1.16 bits per heavy atom. The molecule has 0 spiro atoms. The van der Waals surface area contributed by atoms with Crippen LogP contribution < -0.4 is 11.1 Å². The van der Waals surface area contributed by atoms with Crippen molar-refractivity contribution in [2.75, 3.05) is 6.54 Å². The van der Waals surface area contributed by atoms with E-state index in [0.29, 0.717) is 12.5 Å². The van der Waals surface area contributed by atoms with E-state index in [0.717, 1.165) is 6.42 Å². The van der Waals surface area contributed by atoms with Gasteiger partial charge in [-0.1, -0.05) is 44.9 Å². The fourth-order valence-electron chi connectivity index (χ4n) is 2.96. The summed E-state index contributed by atoms with van der Waals surface area (Å²) in [6.45, 7) is 6.54. The van der Waals surface area contributed by atoms with Gasteiger partial charge >= 0.3 is 0 Å². The Hall–Kier alpha value is -0.570. The molecule has 1 amide bonds. The first-order valence-electron chi connectivity index (χ1n) is 7.94. The molecule has 1 rings (SSSR count). The second-order valence-corrected chi connectivity index (χ2v) is 7.12. The Balaban J connectivity index is 2.47. The van der Waals surface area contributed by atoms with Crippen LogP contribution in [0.4, 0.5) is 0 Å². The van der Waals surface area contributed by atoms with Crippen molar-refractivity contribution < 1.29 is 4.79 Å². The zero-order valence-corrected chi connectivity index (χ0v) is 13.0. The molecule has 19 heavy (non-hydrogen) atoms. The van der Waals surface area contributed by atoms with Crippen molar-refractivity contribution in [3.8, 4) is 0 Å². The van der Waals surface area contributed by atoms with Gasteiger partial charge in [0.25, 0.3) is 0 Å². The van der Waals surface area contributed by atoms with Crippen LogP contribution in [0.1, 0.15) is 72.1 Å². The van der Waals surface area contributed by atoms with Gasteiger partial charge in [0.05, 0.1) is 5.92 Å². The average Bonchev–Trinajstić information content (AvgIpc) is 2.25. The van der Waals surface area contributed by atoms with E-state index in [2.05, 4.69) is 5.32 Å². The van der Waals surface area contributed by atoms with Gasteiger partial charge < -0.3 is 11.1 Å². The van der Waals surface area contributed by atoms with Crippen molar-refractivity contribution in [1.29, 1.82) is 0 Å². The number of rotatable bonds is 4. The van der Waals surface area contributed by atoms with Crippen LogP contribution in [0.5, 0.6) is 0 Å². The first kappa shape index (κ1) is 16.5. The minimum absolute atomic E-state index is 0.0105. The molecule has 3 N–H and O–H groups in total. The Morgan fingerprint density at radius 2 is 1.68 bits per heavy atom. The van der Waals surface area contributed by atoms with Crippen LogP contribution >= 0.6 is 0 Å². The van der Waals surface area contributed by atoms with Gasteiger partial charge in [0.1, 0.15) is 0 Å². The van der Waals surface area contributed by atoms with Crippen LogP contribution in [-0.2, 0) is 4.79 Å². The number of hydrogen-bond donors (Lipinski definition) is 2. The monoisotopic (exact) mass is 268 g/mol. The maximum atomic E-state index is 12.2. The third-order valence-electron chi connectivity index (χ3n) is 4.00. The molecule has 3 nitrogen and oxygen atoms in total. The third-order valence-corrected chi connectivity index (χ3v) is 4.00. The largest absolute Gasteiger partial charge is 0.351 e. The smallest absolute Gasteiger partial charge is 0.224 e. The van der Waals surface area contributed by atoms with Crippen molar-refractivity contribution >= 4 is 5.91 Å². The molecule has 3 heteroatoms. The van der Waals surface area contributed by atoms with Gasteiger partial charge in [-0.25, -0.2) is 0 Å². The molecule has 0 saturated heterocycles. The highest BCUT2D eigenvalue weighted by molar-refractivity contribution is 5.79. The Labute approximate surface area is 118 Å². The van der Waals surface area contributed by atoms with Crippen molar-refractivity contribution in [3.05, 3.63) is 0 Å². The van der Waals surface area contributed by atoms with E-state index >= 15 is 0 Å². The van der Waals surface area contributed by atoms with Gasteiger partial charge in [-0.15, -0.1) is 0 Å². The standard InChI is InChI=1S/C16H32N2O/c1-16(2,3)18-15(19)14(12-17)11-13-9-7-5-4-6-8-10-13/h13-14H,4-12,17H2,1-3H3,(H,18,19). The summed E-state index contributed by atoms with van der Waals surface area (Å²) in [7, 11) is 0. The summed E-state index contributed by atoms with van der Waals surface area (Å²) in [5.74, 6) is 0.820. The average molecular weight is 268 g/mol. The molecule has 1 unspecified atom stereocenters. The van der Waals surface area contributed by atoms with E-state index in [1.165, 1.54) is 44.9 Å². The summed E-state index contributed by atoms with van der Waals surface area (Å²) in [4.78, 5) is 12.2. The van der Waals surface area contributed by atoms with Gasteiger partial charge in [-0.3, -0.25) is 4.79 Å². The SMILES string of the molecule is CC(C)(C)NC(=O)C(CN)CC1CCCCCCC1. The second kappa shape index (κ2) is 7.88. The number of amides is 1. The molecule has 0 aromatic carbocycles. The van der Waals surface area contributed by atoms with Crippen molar-refractivity contribution in [3.63, 3.8) is 0 Å². The van der Waals surface area contributed by atoms with E-state index in [1.54, 1.807) is 0 Å². The number of carbonyl (C=O) groups is 1.